The smallest absolute Gasteiger partial charge is 0.0644 e. The predicted octanol–water partition coefficient (Wildman–Crippen LogP) is 3.14. The fourth-order valence-electron chi connectivity index (χ4n) is 3.20. The zero-order valence-corrected chi connectivity index (χ0v) is 12.4. The first-order valence-corrected chi connectivity index (χ1v) is 7.92. The third-order valence-electron chi connectivity index (χ3n) is 4.43. The van der Waals surface area contributed by atoms with Crippen LogP contribution < -0.4 is 11.3 Å². The maximum Gasteiger partial charge on any atom is 0.0644 e. The van der Waals surface area contributed by atoms with Gasteiger partial charge in [-0.15, -0.1) is 0 Å². The van der Waals surface area contributed by atoms with Crippen LogP contribution >= 0.6 is 0 Å². The van der Waals surface area contributed by atoms with Crippen LogP contribution in [0.1, 0.15) is 55.4 Å². The Morgan fingerprint density at radius 2 is 1.90 bits per heavy atom. The summed E-state index contributed by atoms with van der Waals surface area (Å²) in [5.74, 6) is 5.72. The number of nitrogens with one attached hydrogen (secondary N) is 1. The molecule has 0 bridgehead atoms. The molecule has 0 radical (unpaired) electrons. The molecule has 0 aliphatic heterocycles. The average Bonchev–Trinajstić information content (AvgIpc) is 3.03. The van der Waals surface area contributed by atoms with Gasteiger partial charge in [-0.1, -0.05) is 49.6 Å². The molecule has 1 fully saturated rings. The van der Waals surface area contributed by atoms with Crippen molar-refractivity contribution in [2.24, 2.45) is 5.84 Å². The Hall–Kier alpha value is -1.65. The van der Waals surface area contributed by atoms with E-state index >= 15 is 0 Å². The minimum atomic E-state index is 0.112. The van der Waals surface area contributed by atoms with Gasteiger partial charge in [0.15, 0.2) is 0 Å². The van der Waals surface area contributed by atoms with Crippen LogP contribution in [-0.4, -0.2) is 9.78 Å². The molecule has 0 spiro atoms. The highest BCUT2D eigenvalue weighted by molar-refractivity contribution is 5.20. The van der Waals surface area contributed by atoms with Gasteiger partial charge >= 0.3 is 0 Å². The molecule has 0 saturated heterocycles. The van der Waals surface area contributed by atoms with E-state index < -0.39 is 0 Å². The van der Waals surface area contributed by atoms with Crippen LogP contribution in [0.15, 0.2) is 42.6 Å². The molecule has 0 amide bonds. The Labute approximate surface area is 126 Å². The highest BCUT2D eigenvalue weighted by atomic mass is 15.3. The number of hydrogen-bond donors (Lipinski definition) is 2. The lowest BCUT2D eigenvalue weighted by Gasteiger charge is -2.22. The summed E-state index contributed by atoms with van der Waals surface area (Å²) in [5, 5.41) is 4.77. The van der Waals surface area contributed by atoms with E-state index in [1.807, 2.05) is 18.2 Å². The van der Waals surface area contributed by atoms with E-state index in [1.54, 1.807) is 0 Å². The Balaban J connectivity index is 1.68. The van der Waals surface area contributed by atoms with Gasteiger partial charge in [-0.3, -0.25) is 16.0 Å². The topological polar surface area (TPSA) is 55.9 Å². The maximum absolute atomic E-state index is 5.72. The fraction of sp³-hybridized carbons (Fsp3) is 0.471. The van der Waals surface area contributed by atoms with E-state index in [0.717, 1.165) is 12.1 Å². The highest BCUT2D eigenvalue weighted by Gasteiger charge is 2.17. The summed E-state index contributed by atoms with van der Waals surface area (Å²) in [4.78, 5) is 0. The third kappa shape index (κ3) is 3.52. The molecule has 1 aromatic heterocycles. The number of benzene rings is 1. The van der Waals surface area contributed by atoms with Gasteiger partial charge in [-0.25, -0.2) is 0 Å². The summed E-state index contributed by atoms with van der Waals surface area (Å²) in [6.07, 6.45) is 9.51. The first-order valence-electron chi connectivity index (χ1n) is 7.92. The maximum atomic E-state index is 5.72. The minimum Gasteiger partial charge on any atom is -0.271 e. The number of aromatic nitrogens is 2. The summed E-state index contributed by atoms with van der Waals surface area (Å²) in [5.41, 5.74) is 5.21. The lowest BCUT2D eigenvalue weighted by atomic mass is 9.96. The van der Waals surface area contributed by atoms with Crippen LogP contribution in [0.3, 0.4) is 0 Å². The molecule has 1 aromatic carbocycles. The van der Waals surface area contributed by atoms with Crippen molar-refractivity contribution >= 4 is 0 Å². The number of rotatable bonds is 5. The normalized spacial score (nSPS) is 17.8. The van der Waals surface area contributed by atoms with Crippen LogP contribution in [0.25, 0.3) is 0 Å². The molecule has 1 heterocycles. The van der Waals surface area contributed by atoms with E-state index in [9.17, 15) is 0 Å². The quantitative estimate of drug-likeness (QED) is 0.655. The number of nitrogens with zero attached hydrogens (tertiary/aromatic N) is 2. The van der Waals surface area contributed by atoms with E-state index in [-0.39, 0.29) is 6.04 Å². The Morgan fingerprint density at radius 3 is 2.62 bits per heavy atom. The Bertz CT molecular complexity index is 543. The molecule has 3 rings (SSSR count). The molecule has 1 unspecified atom stereocenters. The van der Waals surface area contributed by atoms with Gasteiger partial charge in [0.05, 0.1) is 17.8 Å². The number of hydrogen-bond acceptors (Lipinski definition) is 3. The van der Waals surface area contributed by atoms with Crippen molar-refractivity contribution in [2.75, 3.05) is 0 Å². The van der Waals surface area contributed by atoms with E-state index in [2.05, 4.69) is 34.5 Å². The monoisotopic (exact) mass is 284 g/mol. The van der Waals surface area contributed by atoms with Crippen LogP contribution in [0, 0.1) is 0 Å². The molecule has 1 aliphatic carbocycles. The molecular formula is C17H24N4. The van der Waals surface area contributed by atoms with Gasteiger partial charge in [-0.05, 0) is 24.5 Å². The lowest BCUT2D eigenvalue weighted by Crippen LogP contribution is -2.29. The molecule has 3 N–H and O–H groups in total. The molecule has 21 heavy (non-hydrogen) atoms. The van der Waals surface area contributed by atoms with E-state index in [4.69, 9.17) is 10.9 Å². The summed E-state index contributed by atoms with van der Waals surface area (Å²) in [7, 11) is 0. The van der Waals surface area contributed by atoms with E-state index in [0.29, 0.717) is 6.04 Å². The predicted molar refractivity (Wildman–Crippen MR) is 84.6 cm³/mol. The third-order valence-corrected chi connectivity index (χ3v) is 4.43. The van der Waals surface area contributed by atoms with Crippen LogP contribution in [0.2, 0.25) is 0 Å². The largest absolute Gasteiger partial charge is 0.271 e. The van der Waals surface area contributed by atoms with Crippen molar-refractivity contribution < 1.29 is 0 Å². The molecule has 2 aromatic rings. The molecule has 1 atom stereocenters. The second kappa shape index (κ2) is 6.87. The minimum absolute atomic E-state index is 0.112. The second-order valence-electron chi connectivity index (χ2n) is 5.91. The van der Waals surface area contributed by atoms with E-state index in [1.165, 1.54) is 37.7 Å². The van der Waals surface area contributed by atoms with Gasteiger partial charge in [0.2, 0.25) is 0 Å². The first kappa shape index (κ1) is 14.3. The van der Waals surface area contributed by atoms with Gasteiger partial charge in [-0.2, -0.15) is 5.10 Å². The van der Waals surface area contributed by atoms with Crippen molar-refractivity contribution in [3.05, 3.63) is 53.9 Å². The van der Waals surface area contributed by atoms with Gasteiger partial charge in [0.25, 0.3) is 0 Å². The van der Waals surface area contributed by atoms with Crippen molar-refractivity contribution in [1.29, 1.82) is 0 Å². The van der Waals surface area contributed by atoms with Gasteiger partial charge in [0.1, 0.15) is 0 Å². The van der Waals surface area contributed by atoms with Crippen molar-refractivity contribution in [2.45, 2.75) is 50.6 Å². The highest BCUT2D eigenvalue weighted by Crippen LogP contribution is 2.27. The lowest BCUT2D eigenvalue weighted by molar-refractivity contribution is 0.327. The number of nitrogens with two attached hydrogens (primary N) is 1. The molecule has 112 valence electrons. The Kier molecular flexibility index (Phi) is 4.68. The Morgan fingerprint density at radius 1 is 1.14 bits per heavy atom. The summed E-state index contributed by atoms with van der Waals surface area (Å²) in [6, 6.07) is 13.1. The second-order valence-corrected chi connectivity index (χ2v) is 5.91. The standard InChI is InChI=1S/C17H24N4/c18-19-17(14-7-3-1-4-8-14)13-15-11-12-21(20-15)16-9-5-2-6-10-16/h1,3-4,7-8,11-12,16-17,19H,2,5-6,9-10,13,18H2. The molecule has 1 saturated carbocycles. The molecular weight excluding hydrogens is 260 g/mol. The van der Waals surface area contributed by atoms with Gasteiger partial charge in [0, 0.05) is 12.6 Å². The summed E-state index contributed by atoms with van der Waals surface area (Å²) in [6.45, 7) is 0. The van der Waals surface area contributed by atoms with Crippen LogP contribution in [0.5, 0.6) is 0 Å². The zero-order chi connectivity index (χ0) is 14.5. The molecule has 1 aliphatic rings. The van der Waals surface area contributed by atoms with Crippen LogP contribution in [-0.2, 0) is 6.42 Å². The first-order chi connectivity index (χ1) is 10.4. The average molecular weight is 284 g/mol. The molecule has 4 nitrogen and oxygen atoms in total. The van der Waals surface area contributed by atoms with Crippen molar-refractivity contribution in [3.63, 3.8) is 0 Å². The zero-order valence-electron chi connectivity index (χ0n) is 12.4. The van der Waals surface area contributed by atoms with Gasteiger partial charge < -0.3 is 0 Å². The van der Waals surface area contributed by atoms with Crippen LogP contribution in [0.4, 0.5) is 0 Å². The van der Waals surface area contributed by atoms with Crippen molar-refractivity contribution in [3.8, 4) is 0 Å². The SMILES string of the molecule is NNC(Cc1ccn(C2CCCCC2)n1)c1ccccc1. The number of hydrazine groups is 1. The summed E-state index contributed by atoms with van der Waals surface area (Å²) < 4.78 is 2.16. The van der Waals surface area contributed by atoms with Crippen molar-refractivity contribution in [1.82, 2.24) is 15.2 Å². The summed E-state index contributed by atoms with van der Waals surface area (Å²) >= 11 is 0. The molecule has 4 heteroatoms. The fourth-order valence-corrected chi connectivity index (χ4v) is 3.20.